The molecule has 0 bridgehead atoms. The van der Waals surface area contributed by atoms with E-state index in [1.165, 1.54) is 12.1 Å². The third-order valence-electron chi connectivity index (χ3n) is 3.86. The molecule has 0 saturated heterocycles. The van der Waals surface area contributed by atoms with E-state index in [-0.39, 0.29) is 23.1 Å². The van der Waals surface area contributed by atoms with Crippen LogP contribution >= 0.6 is 0 Å². The van der Waals surface area contributed by atoms with E-state index in [1.54, 1.807) is 6.07 Å². The van der Waals surface area contributed by atoms with Gasteiger partial charge in [0.15, 0.2) is 6.10 Å². The highest BCUT2D eigenvalue weighted by atomic mass is 19.3. The summed E-state index contributed by atoms with van der Waals surface area (Å²) < 4.78 is 33.2. The predicted molar refractivity (Wildman–Crippen MR) is 97.1 cm³/mol. The normalized spacial score (nSPS) is 12.8. The van der Waals surface area contributed by atoms with Crippen molar-refractivity contribution in [2.24, 2.45) is 11.8 Å². The van der Waals surface area contributed by atoms with Crippen molar-refractivity contribution < 1.29 is 18.3 Å². The molecular formula is C20H28F2N2O2. The lowest BCUT2D eigenvalue weighted by molar-refractivity contribution is -0.128. The number of halogens is 2. The second kappa shape index (κ2) is 9.51. The Morgan fingerprint density at radius 2 is 1.92 bits per heavy atom. The first-order valence-corrected chi connectivity index (χ1v) is 8.91. The topological polar surface area (TPSA) is 62.1 Å². The van der Waals surface area contributed by atoms with Crippen molar-refractivity contribution in [1.29, 1.82) is 5.26 Å². The first kappa shape index (κ1) is 21.9. The highest BCUT2D eigenvalue weighted by Crippen LogP contribution is 2.33. The van der Waals surface area contributed by atoms with Crippen LogP contribution in [0.3, 0.4) is 0 Å². The van der Waals surface area contributed by atoms with Crippen molar-refractivity contribution in [2.75, 3.05) is 6.54 Å². The molecule has 0 aromatic heterocycles. The second-order valence-electron chi connectivity index (χ2n) is 7.42. The number of nitriles is 1. The molecule has 1 N–H and O–H groups in total. The molecule has 1 amide bonds. The number of nitrogens with zero attached hydrogens (tertiary/aromatic N) is 1. The van der Waals surface area contributed by atoms with Crippen LogP contribution in [0.25, 0.3) is 0 Å². The molecule has 0 saturated carbocycles. The maximum Gasteiger partial charge on any atom is 0.271 e. The molecule has 0 aliphatic carbocycles. The van der Waals surface area contributed by atoms with E-state index in [1.807, 2.05) is 13.8 Å². The van der Waals surface area contributed by atoms with Gasteiger partial charge in [-0.25, -0.2) is 8.78 Å². The van der Waals surface area contributed by atoms with Crippen LogP contribution in [-0.2, 0) is 10.7 Å². The zero-order valence-electron chi connectivity index (χ0n) is 16.1. The highest BCUT2D eigenvalue weighted by molar-refractivity contribution is 5.81. The number of hydrogen-bond donors (Lipinski definition) is 1. The van der Waals surface area contributed by atoms with Gasteiger partial charge in [0.05, 0.1) is 11.6 Å². The maximum atomic E-state index is 13.7. The first-order chi connectivity index (χ1) is 12.0. The number of carbonyl (C=O) groups is 1. The molecule has 1 aromatic rings. The van der Waals surface area contributed by atoms with Crippen LogP contribution in [0, 0.1) is 23.2 Å². The van der Waals surface area contributed by atoms with Gasteiger partial charge in [-0.1, -0.05) is 27.7 Å². The van der Waals surface area contributed by atoms with Crippen molar-refractivity contribution in [3.63, 3.8) is 0 Å². The number of ether oxygens (including phenoxy) is 1. The Morgan fingerprint density at radius 3 is 2.42 bits per heavy atom. The summed E-state index contributed by atoms with van der Waals surface area (Å²) in [6, 6.07) is 5.65. The van der Waals surface area contributed by atoms with Crippen LogP contribution in [0.5, 0.6) is 5.75 Å². The molecule has 1 unspecified atom stereocenters. The monoisotopic (exact) mass is 366 g/mol. The molecular weight excluding hydrogens is 338 g/mol. The first-order valence-electron chi connectivity index (χ1n) is 8.91. The third-order valence-corrected chi connectivity index (χ3v) is 3.86. The molecule has 26 heavy (non-hydrogen) atoms. The molecule has 0 aliphatic heterocycles. The molecule has 0 heterocycles. The van der Waals surface area contributed by atoms with E-state index in [0.717, 1.165) is 19.4 Å². The van der Waals surface area contributed by atoms with Crippen LogP contribution in [0.4, 0.5) is 8.78 Å². The molecule has 4 nitrogen and oxygen atoms in total. The summed E-state index contributed by atoms with van der Waals surface area (Å²) in [6.07, 6.45) is 0.544. The molecule has 6 heteroatoms. The van der Waals surface area contributed by atoms with E-state index in [2.05, 4.69) is 19.2 Å². The summed E-state index contributed by atoms with van der Waals surface area (Å²) in [4.78, 5) is 12.4. The van der Waals surface area contributed by atoms with Crippen LogP contribution in [0.1, 0.15) is 58.6 Å². The quantitative estimate of drug-likeness (QED) is 0.693. The van der Waals surface area contributed by atoms with Gasteiger partial charge in [0.25, 0.3) is 11.8 Å². The largest absolute Gasteiger partial charge is 0.481 e. The second-order valence-corrected chi connectivity index (χ2v) is 7.42. The van der Waals surface area contributed by atoms with Gasteiger partial charge in [0.2, 0.25) is 0 Å². The molecule has 0 aliphatic rings. The average Bonchev–Trinajstić information content (AvgIpc) is 2.52. The standard InChI is InChI=1S/C20H28F2N2O2/c1-13(2)8-9-24-19(25)18(10-14(3)4)26-16-7-6-15(12-23)17(11-16)20(5,21)22/h6-7,11,13-14,18H,8-10H2,1-5H3,(H,24,25). The minimum Gasteiger partial charge on any atom is -0.481 e. The van der Waals surface area contributed by atoms with Crippen molar-refractivity contribution in [3.05, 3.63) is 29.3 Å². The van der Waals surface area contributed by atoms with Crippen LogP contribution < -0.4 is 10.1 Å². The predicted octanol–water partition coefficient (Wildman–Crippen LogP) is 4.63. The molecule has 1 atom stereocenters. The number of hydrogen-bond acceptors (Lipinski definition) is 3. The lowest BCUT2D eigenvalue weighted by Crippen LogP contribution is -2.40. The zero-order chi connectivity index (χ0) is 19.9. The maximum absolute atomic E-state index is 13.7. The fraction of sp³-hybridized carbons (Fsp3) is 0.600. The van der Waals surface area contributed by atoms with E-state index < -0.39 is 17.6 Å². The minimum atomic E-state index is -3.17. The Hall–Kier alpha value is -2.16. The number of carbonyl (C=O) groups excluding carboxylic acids is 1. The number of rotatable bonds is 9. The lowest BCUT2D eigenvalue weighted by Gasteiger charge is -2.22. The van der Waals surface area contributed by atoms with Crippen molar-refractivity contribution in [1.82, 2.24) is 5.32 Å². The van der Waals surface area contributed by atoms with Crippen LogP contribution in [0.2, 0.25) is 0 Å². The number of nitrogens with one attached hydrogen (secondary N) is 1. The molecule has 0 radical (unpaired) electrons. The molecule has 144 valence electrons. The van der Waals surface area contributed by atoms with Gasteiger partial charge in [0, 0.05) is 19.0 Å². The molecule has 0 spiro atoms. The van der Waals surface area contributed by atoms with Gasteiger partial charge < -0.3 is 10.1 Å². The number of alkyl halides is 2. The van der Waals surface area contributed by atoms with Crippen LogP contribution in [0.15, 0.2) is 18.2 Å². The van der Waals surface area contributed by atoms with Crippen molar-refractivity contribution >= 4 is 5.91 Å². The van der Waals surface area contributed by atoms with Crippen molar-refractivity contribution in [3.8, 4) is 11.8 Å². The summed E-state index contributed by atoms with van der Waals surface area (Å²) in [7, 11) is 0. The number of amides is 1. The number of benzene rings is 1. The van der Waals surface area contributed by atoms with Crippen LogP contribution in [-0.4, -0.2) is 18.6 Å². The Kier molecular flexibility index (Phi) is 8.01. The molecule has 1 rings (SSSR count). The fourth-order valence-electron chi connectivity index (χ4n) is 2.46. The lowest BCUT2D eigenvalue weighted by atomic mass is 10.0. The Morgan fingerprint density at radius 1 is 1.27 bits per heavy atom. The SMILES string of the molecule is CC(C)CCNC(=O)C(CC(C)C)Oc1ccc(C#N)c(C(C)(F)F)c1. The fourth-order valence-corrected chi connectivity index (χ4v) is 2.46. The zero-order valence-corrected chi connectivity index (χ0v) is 16.1. The third kappa shape index (κ3) is 6.99. The Balaban J connectivity index is 2.97. The minimum absolute atomic E-state index is 0.105. The summed E-state index contributed by atoms with van der Waals surface area (Å²) >= 11 is 0. The molecule has 0 fully saturated rings. The van der Waals surface area contributed by atoms with Gasteiger partial charge in [0.1, 0.15) is 5.75 Å². The van der Waals surface area contributed by atoms with Gasteiger partial charge >= 0.3 is 0 Å². The van der Waals surface area contributed by atoms with E-state index in [0.29, 0.717) is 18.9 Å². The van der Waals surface area contributed by atoms with Gasteiger partial charge in [-0.05, 0) is 42.9 Å². The highest BCUT2D eigenvalue weighted by Gasteiger charge is 2.29. The van der Waals surface area contributed by atoms with Crippen molar-refractivity contribution in [2.45, 2.75) is 59.5 Å². The summed E-state index contributed by atoms with van der Waals surface area (Å²) in [5, 5.41) is 11.9. The molecule has 1 aromatic carbocycles. The average molecular weight is 366 g/mol. The smallest absolute Gasteiger partial charge is 0.271 e. The Bertz CT molecular complexity index is 646. The van der Waals surface area contributed by atoms with E-state index >= 15 is 0 Å². The Labute approximate surface area is 154 Å². The summed E-state index contributed by atoms with van der Waals surface area (Å²) in [6.45, 7) is 9.33. The summed E-state index contributed by atoms with van der Waals surface area (Å²) in [5.74, 6) is -2.61. The summed E-state index contributed by atoms with van der Waals surface area (Å²) in [5.41, 5.74) is -0.507. The van der Waals surface area contributed by atoms with E-state index in [4.69, 9.17) is 10.00 Å². The van der Waals surface area contributed by atoms with Gasteiger partial charge in [-0.3, -0.25) is 4.79 Å². The van der Waals surface area contributed by atoms with E-state index in [9.17, 15) is 13.6 Å². The van der Waals surface area contributed by atoms with Gasteiger partial charge in [-0.2, -0.15) is 5.26 Å². The van der Waals surface area contributed by atoms with Gasteiger partial charge in [-0.15, -0.1) is 0 Å².